The van der Waals surface area contributed by atoms with Gasteiger partial charge in [-0.2, -0.15) is 24.6 Å². The molecule has 4 aromatic rings. The zero-order chi connectivity index (χ0) is 32.9. The highest BCUT2D eigenvalue weighted by molar-refractivity contribution is 6.35. The minimum Gasteiger partial charge on any atom is -0.388 e. The van der Waals surface area contributed by atoms with Crippen LogP contribution in [0.5, 0.6) is 0 Å². The molecule has 1 unspecified atom stereocenters. The lowest BCUT2D eigenvalue weighted by Crippen LogP contribution is -2.49. The lowest BCUT2D eigenvalue weighted by Gasteiger charge is -2.24. The molecule has 0 radical (unpaired) electrons. The summed E-state index contributed by atoms with van der Waals surface area (Å²) in [7, 11) is 0. The molecule has 45 heavy (non-hydrogen) atoms. The molecule has 0 spiro atoms. The molecule has 2 heterocycles. The van der Waals surface area contributed by atoms with E-state index in [4.69, 9.17) is 11.6 Å². The Balaban J connectivity index is 1.64. The molecule has 1 aromatic heterocycles. The lowest BCUT2D eigenvalue weighted by atomic mass is 9.99. The fourth-order valence-corrected chi connectivity index (χ4v) is 5.11. The van der Waals surface area contributed by atoms with Crippen LogP contribution in [0.15, 0.2) is 84.8 Å². The number of nitrogens with one attached hydrogen (secondary N) is 4. The van der Waals surface area contributed by atoms with E-state index in [9.17, 15) is 31.0 Å². The van der Waals surface area contributed by atoms with E-state index >= 15 is 0 Å². The molecule has 13 heteroatoms. The van der Waals surface area contributed by atoms with Crippen molar-refractivity contribution in [2.24, 2.45) is 0 Å². The SMILES string of the molecule is [2H]C(Nc1cc(Cl)c2ncc(C#N)c(N[C@H](CCC#N)c3ccccc3)c2c1)(C1=CN(C(F)(F)CO)NN1)c1cccc(C#N)c1. The Morgan fingerprint density at radius 1 is 1.04 bits per heavy atom. The molecule has 5 rings (SSSR count). The van der Waals surface area contributed by atoms with Gasteiger partial charge in [-0.05, 0) is 41.8 Å². The maximum Gasteiger partial charge on any atom is 0.362 e. The van der Waals surface area contributed by atoms with E-state index in [0.717, 1.165) is 11.8 Å². The van der Waals surface area contributed by atoms with Gasteiger partial charge in [0.05, 0.1) is 58.6 Å². The normalized spacial score (nSPS) is 15.0. The third kappa shape index (κ3) is 6.72. The number of alkyl halides is 2. The van der Waals surface area contributed by atoms with Crippen molar-refractivity contribution in [3.05, 3.63) is 112 Å². The highest BCUT2D eigenvalue weighted by Gasteiger charge is 2.38. The Morgan fingerprint density at radius 2 is 1.82 bits per heavy atom. The Morgan fingerprint density at radius 3 is 2.53 bits per heavy atom. The summed E-state index contributed by atoms with van der Waals surface area (Å²) < 4.78 is 38.2. The minimum absolute atomic E-state index is 0.0881. The van der Waals surface area contributed by atoms with E-state index in [2.05, 4.69) is 38.7 Å². The number of aromatic nitrogens is 1. The largest absolute Gasteiger partial charge is 0.388 e. The number of fused-ring (bicyclic) bond motifs is 1. The summed E-state index contributed by atoms with van der Waals surface area (Å²) >= 11 is 6.71. The molecule has 0 amide bonds. The predicted octanol–water partition coefficient (Wildman–Crippen LogP) is 5.99. The minimum atomic E-state index is -3.70. The van der Waals surface area contributed by atoms with Gasteiger partial charge in [-0.25, -0.2) is 5.01 Å². The van der Waals surface area contributed by atoms with Crippen molar-refractivity contribution in [1.82, 2.24) is 21.0 Å². The fraction of sp³-hybridized carbons (Fsp3) is 0.188. The van der Waals surface area contributed by atoms with Crippen LogP contribution in [-0.4, -0.2) is 27.8 Å². The maximum absolute atomic E-state index is 14.3. The van der Waals surface area contributed by atoms with Crippen LogP contribution in [-0.2, 0) is 0 Å². The van der Waals surface area contributed by atoms with Crippen molar-refractivity contribution in [2.45, 2.75) is 30.9 Å². The lowest BCUT2D eigenvalue weighted by molar-refractivity contribution is -0.171. The molecule has 0 bridgehead atoms. The van der Waals surface area contributed by atoms with Crippen molar-refractivity contribution in [3.8, 4) is 18.2 Å². The van der Waals surface area contributed by atoms with E-state index in [-0.39, 0.29) is 45.6 Å². The molecule has 226 valence electrons. The van der Waals surface area contributed by atoms with Gasteiger partial charge in [-0.15, -0.1) is 5.53 Å². The average molecular weight is 627 g/mol. The van der Waals surface area contributed by atoms with Crippen LogP contribution < -0.4 is 21.6 Å². The summed E-state index contributed by atoms with van der Waals surface area (Å²) in [4.78, 5) is 4.39. The van der Waals surface area contributed by atoms with Gasteiger partial charge in [-0.3, -0.25) is 4.98 Å². The molecule has 0 saturated carbocycles. The van der Waals surface area contributed by atoms with E-state index in [0.29, 0.717) is 28.0 Å². The number of hydrogen-bond donors (Lipinski definition) is 5. The van der Waals surface area contributed by atoms with E-state index < -0.39 is 18.7 Å². The first-order chi connectivity index (χ1) is 22.1. The van der Waals surface area contributed by atoms with Crippen molar-refractivity contribution in [3.63, 3.8) is 0 Å². The van der Waals surface area contributed by atoms with Crippen molar-refractivity contribution in [2.75, 3.05) is 17.2 Å². The van der Waals surface area contributed by atoms with Gasteiger partial charge < -0.3 is 21.2 Å². The molecule has 0 aliphatic carbocycles. The van der Waals surface area contributed by atoms with E-state index in [1.807, 2.05) is 36.4 Å². The molecular formula is C32H26ClF2N9O. The number of aliphatic hydroxyl groups is 1. The van der Waals surface area contributed by atoms with Gasteiger partial charge in [0.15, 0.2) is 0 Å². The monoisotopic (exact) mass is 626 g/mol. The molecular weight excluding hydrogens is 600 g/mol. The first-order valence-corrected chi connectivity index (χ1v) is 14.0. The molecule has 10 nitrogen and oxygen atoms in total. The first kappa shape index (κ1) is 29.6. The number of halogens is 3. The highest BCUT2D eigenvalue weighted by Crippen LogP contribution is 2.38. The van der Waals surface area contributed by atoms with Gasteiger partial charge in [0.25, 0.3) is 0 Å². The number of nitriles is 3. The van der Waals surface area contributed by atoms with Crippen LogP contribution in [0.1, 0.15) is 48.5 Å². The quantitative estimate of drug-likeness (QED) is 0.125. The zero-order valence-electron chi connectivity index (χ0n) is 24.5. The van der Waals surface area contributed by atoms with Crippen LogP contribution in [0.25, 0.3) is 10.9 Å². The Labute approximate surface area is 264 Å². The molecule has 1 aliphatic rings. The van der Waals surface area contributed by atoms with Gasteiger partial charge in [0, 0.05) is 29.9 Å². The number of rotatable bonds is 11. The number of pyridine rings is 1. The average Bonchev–Trinajstić information content (AvgIpc) is 3.59. The summed E-state index contributed by atoms with van der Waals surface area (Å²) in [6.07, 6.45) is 3.03. The van der Waals surface area contributed by atoms with Crippen molar-refractivity contribution >= 4 is 33.9 Å². The van der Waals surface area contributed by atoms with Crippen LogP contribution in [0.4, 0.5) is 20.2 Å². The second kappa shape index (κ2) is 13.5. The van der Waals surface area contributed by atoms with E-state index in [1.54, 1.807) is 24.3 Å². The molecule has 3 aromatic carbocycles. The van der Waals surface area contributed by atoms with Crippen molar-refractivity contribution < 1.29 is 15.3 Å². The van der Waals surface area contributed by atoms with Crippen molar-refractivity contribution in [1.29, 1.82) is 15.8 Å². The van der Waals surface area contributed by atoms with Gasteiger partial charge >= 0.3 is 6.05 Å². The fourth-order valence-electron chi connectivity index (χ4n) is 4.84. The molecule has 0 saturated heterocycles. The third-order valence-corrected chi connectivity index (χ3v) is 7.33. The maximum atomic E-state index is 14.3. The Bertz CT molecular complexity index is 1920. The van der Waals surface area contributed by atoms with Crippen LogP contribution in [0.2, 0.25) is 5.02 Å². The summed E-state index contributed by atoms with van der Waals surface area (Å²) in [6.45, 7) is -1.49. The number of nitrogens with zero attached hydrogens (tertiary/aromatic N) is 5. The number of anilines is 2. The van der Waals surface area contributed by atoms with Crippen LogP contribution in [0, 0.1) is 34.0 Å². The van der Waals surface area contributed by atoms with Gasteiger partial charge in [0.1, 0.15) is 12.7 Å². The molecule has 5 N–H and O–H groups in total. The standard InChI is InChI=1S/C32H26ClF2N9O/c33-26-14-24(40-30(22-9-4-6-20(12-22)15-37)28-18-44(43-42-28)32(34,35)19-45)13-25-29(23(16-38)17-39-31(25)26)41-27(10-5-11-36)21-7-2-1-3-8-21/h1-4,6-9,12-14,17-18,27,30,40,42-43,45H,5,10,19H2,(H,39,41)/t27-,30?/m1/s1/i30D. The topological polar surface area (TPSA) is 156 Å². The number of hydrogen-bond acceptors (Lipinski definition) is 10. The molecule has 0 fully saturated rings. The van der Waals surface area contributed by atoms with Gasteiger partial charge in [0.2, 0.25) is 0 Å². The van der Waals surface area contributed by atoms with Crippen LogP contribution >= 0.6 is 11.6 Å². The Kier molecular flexibility index (Phi) is 8.86. The summed E-state index contributed by atoms with van der Waals surface area (Å²) in [5.41, 5.74) is 7.33. The smallest absolute Gasteiger partial charge is 0.362 e. The molecule has 1 aliphatic heterocycles. The summed E-state index contributed by atoms with van der Waals surface area (Å²) in [6, 6.07) is 19.0. The van der Waals surface area contributed by atoms with Crippen LogP contribution in [0.3, 0.4) is 0 Å². The highest BCUT2D eigenvalue weighted by atomic mass is 35.5. The Hall–Kier alpha value is -5.45. The number of benzene rings is 3. The summed E-state index contributed by atoms with van der Waals surface area (Å²) in [5.74, 6) is 0. The number of hydrazine groups is 2. The second-order valence-electron chi connectivity index (χ2n) is 9.98. The summed E-state index contributed by atoms with van der Waals surface area (Å²) in [5, 5.41) is 45.5. The second-order valence-corrected chi connectivity index (χ2v) is 10.4. The van der Waals surface area contributed by atoms with Gasteiger partial charge in [-0.1, -0.05) is 54.1 Å². The zero-order valence-corrected chi connectivity index (χ0v) is 24.3. The predicted molar refractivity (Wildman–Crippen MR) is 165 cm³/mol. The third-order valence-electron chi connectivity index (χ3n) is 7.04. The first-order valence-electron chi connectivity index (χ1n) is 14.1. The number of aliphatic hydroxyl groups excluding tert-OH is 1. The molecule has 2 atom stereocenters. The van der Waals surface area contributed by atoms with E-state index in [1.165, 1.54) is 18.3 Å².